The van der Waals surface area contributed by atoms with Crippen molar-refractivity contribution < 1.29 is 19.4 Å². The van der Waals surface area contributed by atoms with Crippen molar-refractivity contribution in [3.63, 3.8) is 0 Å². The summed E-state index contributed by atoms with van der Waals surface area (Å²) in [5.74, 6) is -3.90. The number of rotatable bonds is 5. The van der Waals surface area contributed by atoms with Crippen LogP contribution in [0, 0.1) is 5.92 Å². The van der Waals surface area contributed by atoms with E-state index in [4.69, 9.17) is 10.5 Å². The van der Waals surface area contributed by atoms with Crippen molar-refractivity contribution in [1.29, 1.82) is 0 Å². The molecule has 20 heavy (non-hydrogen) atoms. The van der Waals surface area contributed by atoms with Crippen LogP contribution in [0.1, 0.15) is 32.3 Å². The van der Waals surface area contributed by atoms with Crippen molar-refractivity contribution in [2.75, 3.05) is 6.54 Å². The van der Waals surface area contributed by atoms with Gasteiger partial charge in [-0.05, 0) is 26.3 Å². The van der Waals surface area contributed by atoms with Gasteiger partial charge in [-0.3, -0.25) is 9.59 Å². The first-order chi connectivity index (χ1) is 9.26. The molecule has 0 heterocycles. The first-order valence-corrected chi connectivity index (χ1v) is 6.47. The van der Waals surface area contributed by atoms with Gasteiger partial charge in [0.1, 0.15) is 5.60 Å². The van der Waals surface area contributed by atoms with Gasteiger partial charge in [0.05, 0.1) is 0 Å². The average molecular weight is 279 g/mol. The Balaban J connectivity index is 3.06. The number of carboxylic acid groups (broad SMARTS) is 1. The van der Waals surface area contributed by atoms with Crippen LogP contribution >= 0.6 is 0 Å². The van der Waals surface area contributed by atoms with E-state index < -0.39 is 29.4 Å². The van der Waals surface area contributed by atoms with Crippen molar-refractivity contribution >= 4 is 11.9 Å². The Morgan fingerprint density at radius 3 is 2.20 bits per heavy atom. The van der Waals surface area contributed by atoms with Gasteiger partial charge in [0.2, 0.25) is 0 Å². The fourth-order valence-corrected chi connectivity index (χ4v) is 1.97. The molecule has 1 rings (SSSR count). The summed E-state index contributed by atoms with van der Waals surface area (Å²) < 4.78 is 5.19. The molecule has 2 unspecified atom stereocenters. The minimum atomic E-state index is -1.30. The molecule has 0 bridgehead atoms. The Morgan fingerprint density at radius 2 is 1.80 bits per heavy atom. The van der Waals surface area contributed by atoms with E-state index in [1.165, 1.54) is 0 Å². The normalized spacial score (nSPS) is 14.4. The van der Waals surface area contributed by atoms with Crippen LogP contribution in [0.2, 0.25) is 0 Å². The number of aliphatic carboxylic acids is 1. The van der Waals surface area contributed by atoms with E-state index >= 15 is 0 Å². The molecule has 0 saturated carbocycles. The fraction of sp³-hybridized carbons (Fsp3) is 0.467. The summed E-state index contributed by atoms with van der Waals surface area (Å²) in [4.78, 5) is 23.6. The Kier molecular flexibility index (Phi) is 5.27. The molecule has 5 nitrogen and oxygen atoms in total. The largest absolute Gasteiger partial charge is 0.481 e. The first-order valence-electron chi connectivity index (χ1n) is 6.47. The van der Waals surface area contributed by atoms with E-state index in [0.29, 0.717) is 5.56 Å². The Bertz CT molecular complexity index is 465. The second-order valence-electron chi connectivity index (χ2n) is 5.60. The Labute approximate surface area is 118 Å². The predicted molar refractivity (Wildman–Crippen MR) is 75.2 cm³/mol. The third-order valence-corrected chi connectivity index (χ3v) is 2.81. The van der Waals surface area contributed by atoms with Gasteiger partial charge in [0.25, 0.3) is 0 Å². The van der Waals surface area contributed by atoms with Gasteiger partial charge in [-0.2, -0.15) is 0 Å². The minimum absolute atomic E-state index is 0.0558. The number of esters is 1. The molecule has 0 saturated heterocycles. The van der Waals surface area contributed by atoms with Crippen LogP contribution in [-0.4, -0.2) is 29.2 Å². The fourth-order valence-electron chi connectivity index (χ4n) is 1.97. The molecule has 0 amide bonds. The third kappa shape index (κ3) is 4.35. The molecular formula is C15H21NO4. The topological polar surface area (TPSA) is 89.6 Å². The van der Waals surface area contributed by atoms with Crippen LogP contribution in [0.15, 0.2) is 30.3 Å². The molecule has 2 atom stereocenters. The maximum absolute atomic E-state index is 12.1. The molecule has 1 aromatic carbocycles. The van der Waals surface area contributed by atoms with Crippen LogP contribution in [0.4, 0.5) is 0 Å². The summed E-state index contributed by atoms with van der Waals surface area (Å²) in [6, 6.07) is 8.91. The number of carbonyl (C=O) groups is 2. The first kappa shape index (κ1) is 16.2. The minimum Gasteiger partial charge on any atom is -0.481 e. The number of ether oxygens (including phenoxy) is 1. The molecule has 0 aliphatic carbocycles. The lowest BCUT2D eigenvalue weighted by Gasteiger charge is -2.26. The van der Waals surface area contributed by atoms with Crippen LogP contribution < -0.4 is 5.73 Å². The second kappa shape index (κ2) is 6.52. The van der Waals surface area contributed by atoms with E-state index in [9.17, 15) is 14.7 Å². The highest BCUT2D eigenvalue weighted by Crippen LogP contribution is 2.26. The van der Waals surface area contributed by atoms with Crippen molar-refractivity contribution in [3.05, 3.63) is 35.9 Å². The maximum Gasteiger partial charge on any atom is 0.321 e. The average Bonchev–Trinajstić information content (AvgIpc) is 2.33. The summed E-state index contributed by atoms with van der Waals surface area (Å²) in [6.45, 7) is 5.15. The van der Waals surface area contributed by atoms with E-state index in [0.717, 1.165) is 0 Å². The van der Waals surface area contributed by atoms with Gasteiger partial charge < -0.3 is 15.6 Å². The van der Waals surface area contributed by atoms with E-state index in [-0.39, 0.29) is 6.54 Å². The number of hydrogen-bond acceptors (Lipinski definition) is 4. The number of nitrogens with two attached hydrogens (primary N) is 1. The summed E-state index contributed by atoms with van der Waals surface area (Å²) in [5, 5.41) is 9.35. The predicted octanol–water partition coefficient (Wildman–Crippen LogP) is 1.77. The standard InChI is InChI=1S/C15H21NO4/c1-15(2,3)20-14(19)12(13(17)18)11(9-16)10-7-5-4-6-8-10/h4-8,11-12H,9,16H2,1-3H3,(H,17,18). The van der Waals surface area contributed by atoms with Crippen LogP contribution in [0.3, 0.4) is 0 Å². The SMILES string of the molecule is CC(C)(C)OC(=O)C(C(=O)O)C(CN)c1ccccc1. The molecule has 5 heteroatoms. The lowest BCUT2D eigenvalue weighted by molar-refractivity contribution is -0.167. The van der Waals surface area contributed by atoms with Crippen LogP contribution in [0.5, 0.6) is 0 Å². The lowest BCUT2D eigenvalue weighted by atomic mass is 9.86. The van der Waals surface area contributed by atoms with Gasteiger partial charge in [-0.25, -0.2) is 0 Å². The Morgan fingerprint density at radius 1 is 1.25 bits per heavy atom. The number of carbonyl (C=O) groups excluding carboxylic acids is 1. The Hall–Kier alpha value is -1.88. The smallest absolute Gasteiger partial charge is 0.321 e. The number of hydrogen-bond donors (Lipinski definition) is 2. The van der Waals surface area contributed by atoms with Crippen molar-refractivity contribution in [1.82, 2.24) is 0 Å². The number of carboxylic acids is 1. The van der Waals surface area contributed by atoms with Crippen molar-refractivity contribution in [3.8, 4) is 0 Å². The molecule has 3 N–H and O–H groups in total. The van der Waals surface area contributed by atoms with E-state index in [1.807, 2.05) is 6.07 Å². The molecule has 0 radical (unpaired) electrons. The van der Waals surface area contributed by atoms with Gasteiger partial charge in [0.15, 0.2) is 5.92 Å². The molecule has 0 aliphatic rings. The lowest BCUT2D eigenvalue weighted by Crippen LogP contribution is -2.38. The molecule has 0 fully saturated rings. The van der Waals surface area contributed by atoms with Crippen LogP contribution in [0.25, 0.3) is 0 Å². The molecule has 1 aromatic rings. The molecule has 110 valence electrons. The third-order valence-electron chi connectivity index (χ3n) is 2.81. The van der Waals surface area contributed by atoms with Crippen molar-refractivity contribution in [2.45, 2.75) is 32.3 Å². The quantitative estimate of drug-likeness (QED) is 0.633. The highest BCUT2D eigenvalue weighted by molar-refractivity contribution is 5.95. The monoisotopic (exact) mass is 279 g/mol. The number of benzene rings is 1. The van der Waals surface area contributed by atoms with E-state index in [2.05, 4.69) is 0 Å². The zero-order valence-corrected chi connectivity index (χ0v) is 12.0. The van der Waals surface area contributed by atoms with Gasteiger partial charge in [-0.15, -0.1) is 0 Å². The van der Waals surface area contributed by atoms with Crippen LogP contribution in [-0.2, 0) is 14.3 Å². The summed E-state index contributed by atoms with van der Waals surface area (Å²) >= 11 is 0. The highest BCUT2D eigenvalue weighted by atomic mass is 16.6. The van der Waals surface area contributed by atoms with Crippen molar-refractivity contribution in [2.24, 2.45) is 11.7 Å². The second-order valence-corrected chi connectivity index (χ2v) is 5.60. The van der Waals surface area contributed by atoms with Gasteiger partial charge >= 0.3 is 11.9 Å². The molecule has 0 spiro atoms. The maximum atomic E-state index is 12.1. The zero-order chi connectivity index (χ0) is 15.3. The summed E-state index contributed by atoms with van der Waals surface area (Å²) in [6.07, 6.45) is 0. The van der Waals surface area contributed by atoms with Gasteiger partial charge in [-0.1, -0.05) is 30.3 Å². The zero-order valence-electron chi connectivity index (χ0n) is 12.0. The molecular weight excluding hydrogens is 258 g/mol. The molecule has 0 aliphatic heterocycles. The van der Waals surface area contributed by atoms with Gasteiger partial charge in [0, 0.05) is 12.5 Å². The molecule has 0 aromatic heterocycles. The van der Waals surface area contributed by atoms with E-state index in [1.54, 1.807) is 45.0 Å². The summed E-state index contributed by atoms with van der Waals surface area (Å²) in [7, 11) is 0. The summed E-state index contributed by atoms with van der Waals surface area (Å²) in [5.41, 5.74) is 5.65. The highest BCUT2D eigenvalue weighted by Gasteiger charge is 2.38.